The third kappa shape index (κ3) is 3.98. The van der Waals surface area contributed by atoms with Crippen LogP contribution in [-0.4, -0.2) is 31.6 Å². The van der Waals surface area contributed by atoms with Crippen LogP contribution in [0.4, 0.5) is 0 Å². The molecule has 0 aliphatic heterocycles. The number of hydrogen-bond acceptors (Lipinski definition) is 4. The highest BCUT2D eigenvalue weighted by Gasteiger charge is 2.11. The van der Waals surface area contributed by atoms with E-state index in [1.807, 2.05) is 20.8 Å². The molecule has 4 nitrogen and oxygen atoms in total. The first-order chi connectivity index (χ1) is 8.06. The van der Waals surface area contributed by atoms with Crippen molar-refractivity contribution in [3.05, 3.63) is 29.9 Å². The zero-order valence-corrected chi connectivity index (χ0v) is 10.9. The minimum atomic E-state index is -0.315. The van der Waals surface area contributed by atoms with E-state index in [2.05, 4.69) is 11.9 Å². The molecule has 95 valence electrons. The van der Waals surface area contributed by atoms with Gasteiger partial charge in [-0.25, -0.2) is 0 Å². The van der Waals surface area contributed by atoms with Crippen molar-refractivity contribution in [2.24, 2.45) is 0 Å². The summed E-state index contributed by atoms with van der Waals surface area (Å²) in [5.41, 5.74) is 2.67. The Balaban J connectivity index is 2.64. The number of rotatable bonds is 6. The Kier molecular flexibility index (Phi) is 5.38. The highest BCUT2D eigenvalue weighted by molar-refractivity contribution is 5.42. The lowest BCUT2D eigenvalue weighted by Crippen LogP contribution is -2.20. The van der Waals surface area contributed by atoms with E-state index in [1.165, 1.54) is 0 Å². The number of pyridine rings is 1. The highest BCUT2D eigenvalue weighted by atomic mass is 16.7. The molecule has 17 heavy (non-hydrogen) atoms. The van der Waals surface area contributed by atoms with Crippen LogP contribution in [0.2, 0.25) is 0 Å². The molecule has 0 amide bonds. The summed E-state index contributed by atoms with van der Waals surface area (Å²) in [5.74, 6) is 0.801. The van der Waals surface area contributed by atoms with E-state index in [9.17, 15) is 0 Å². The fourth-order valence-corrected chi connectivity index (χ4v) is 1.44. The SMILES string of the molecule is [CH2]c1ncc(C)c(OC(C)OCCOC)c1C. The molecule has 0 aliphatic rings. The molecular weight excluding hydrogens is 218 g/mol. The Morgan fingerprint density at radius 1 is 1.35 bits per heavy atom. The molecule has 0 aliphatic carbocycles. The van der Waals surface area contributed by atoms with Crippen LogP contribution in [-0.2, 0) is 9.47 Å². The molecule has 0 N–H and O–H groups in total. The number of methoxy groups -OCH3 is 1. The van der Waals surface area contributed by atoms with Crippen LogP contribution in [0.3, 0.4) is 0 Å². The van der Waals surface area contributed by atoms with E-state index in [-0.39, 0.29) is 6.29 Å². The summed E-state index contributed by atoms with van der Waals surface area (Å²) in [6.07, 6.45) is 1.44. The van der Waals surface area contributed by atoms with Crippen LogP contribution in [0.1, 0.15) is 23.7 Å². The fourth-order valence-electron chi connectivity index (χ4n) is 1.44. The number of nitrogens with zero attached hydrogens (tertiary/aromatic N) is 1. The van der Waals surface area contributed by atoms with Crippen LogP contribution in [0.15, 0.2) is 6.20 Å². The van der Waals surface area contributed by atoms with E-state index in [0.717, 1.165) is 22.6 Å². The molecule has 1 unspecified atom stereocenters. The van der Waals surface area contributed by atoms with Crippen molar-refractivity contribution in [3.63, 3.8) is 0 Å². The second-order valence-electron chi connectivity index (χ2n) is 3.89. The van der Waals surface area contributed by atoms with Crippen LogP contribution < -0.4 is 4.74 Å². The third-order valence-electron chi connectivity index (χ3n) is 2.47. The predicted octanol–water partition coefficient (Wildman–Crippen LogP) is 2.27. The minimum Gasteiger partial charge on any atom is -0.465 e. The highest BCUT2D eigenvalue weighted by Crippen LogP contribution is 2.25. The Morgan fingerprint density at radius 3 is 2.71 bits per heavy atom. The summed E-state index contributed by atoms with van der Waals surface area (Å²) >= 11 is 0. The summed E-state index contributed by atoms with van der Waals surface area (Å²) in [5, 5.41) is 0. The maximum Gasteiger partial charge on any atom is 0.197 e. The van der Waals surface area contributed by atoms with Gasteiger partial charge < -0.3 is 14.2 Å². The van der Waals surface area contributed by atoms with Gasteiger partial charge >= 0.3 is 0 Å². The van der Waals surface area contributed by atoms with E-state index in [4.69, 9.17) is 14.2 Å². The molecule has 4 heteroatoms. The standard InChI is InChI=1S/C13H20NO3/c1-9-8-14-11(3)10(2)13(9)17-12(4)16-7-6-15-5/h8,12H,3,6-7H2,1-2,4-5H3. The van der Waals surface area contributed by atoms with Gasteiger partial charge in [-0.3, -0.25) is 4.98 Å². The summed E-state index contributed by atoms with van der Waals surface area (Å²) < 4.78 is 16.1. The number of hydrogen-bond donors (Lipinski definition) is 0. The average Bonchev–Trinajstić information content (AvgIpc) is 2.30. The first-order valence-corrected chi connectivity index (χ1v) is 5.61. The van der Waals surface area contributed by atoms with Crippen molar-refractivity contribution in [2.75, 3.05) is 20.3 Å². The fraction of sp³-hybridized carbons (Fsp3) is 0.538. The Morgan fingerprint density at radius 2 is 2.06 bits per heavy atom. The van der Waals surface area contributed by atoms with Gasteiger partial charge in [0.1, 0.15) is 5.75 Å². The summed E-state index contributed by atoms with van der Waals surface area (Å²) in [7, 11) is 1.64. The van der Waals surface area contributed by atoms with Gasteiger partial charge in [-0.1, -0.05) is 0 Å². The van der Waals surface area contributed by atoms with Crippen LogP contribution in [0.25, 0.3) is 0 Å². The zero-order chi connectivity index (χ0) is 12.8. The van der Waals surface area contributed by atoms with Gasteiger partial charge in [0.25, 0.3) is 0 Å². The molecule has 0 aromatic carbocycles. The number of ether oxygens (including phenoxy) is 3. The monoisotopic (exact) mass is 238 g/mol. The van der Waals surface area contributed by atoms with Crippen molar-refractivity contribution in [1.29, 1.82) is 0 Å². The predicted molar refractivity (Wildman–Crippen MR) is 66.1 cm³/mol. The molecule has 1 radical (unpaired) electrons. The Hall–Kier alpha value is -1.13. The van der Waals surface area contributed by atoms with Gasteiger partial charge in [0.15, 0.2) is 6.29 Å². The number of aryl methyl sites for hydroxylation is 1. The molecule has 0 bridgehead atoms. The average molecular weight is 238 g/mol. The van der Waals surface area contributed by atoms with E-state index in [1.54, 1.807) is 13.3 Å². The van der Waals surface area contributed by atoms with Crippen molar-refractivity contribution in [2.45, 2.75) is 27.1 Å². The minimum absolute atomic E-state index is 0.315. The van der Waals surface area contributed by atoms with Crippen LogP contribution in [0.5, 0.6) is 5.75 Å². The summed E-state index contributed by atoms with van der Waals surface area (Å²) in [4.78, 5) is 4.17. The molecule has 1 heterocycles. The van der Waals surface area contributed by atoms with Crippen molar-refractivity contribution < 1.29 is 14.2 Å². The zero-order valence-electron chi connectivity index (χ0n) is 10.9. The molecule has 0 saturated heterocycles. The quantitative estimate of drug-likeness (QED) is 0.563. The van der Waals surface area contributed by atoms with E-state index >= 15 is 0 Å². The second kappa shape index (κ2) is 6.57. The lowest BCUT2D eigenvalue weighted by Gasteiger charge is -2.19. The lowest BCUT2D eigenvalue weighted by atomic mass is 10.1. The van der Waals surface area contributed by atoms with Crippen molar-refractivity contribution in [1.82, 2.24) is 4.98 Å². The van der Waals surface area contributed by atoms with Crippen molar-refractivity contribution >= 4 is 0 Å². The van der Waals surface area contributed by atoms with Gasteiger partial charge in [-0.05, 0) is 27.7 Å². The maximum absolute atomic E-state index is 5.75. The molecule has 1 aromatic rings. The third-order valence-corrected chi connectivity index (χ3v) is 2.47. The molecule has 0 spiro atoms. The van der Waals surface area contributed by atoms with Gasteiger partial charge in [0.2, 0.25) is 0 Å². The van der Waals surface area contributed by atoms with Crippen LogP contribution >= 0.6 is 0 Å². The molecule has 1 atom stereocenters. The first-order valence-electron chi connectivity index (χ1n) is 5.61. The van der Waals surface area contributed by atoms with Gasteiger partial charge in [0, 0.05) is 30.1 Å². The second-order valence-corrected chi connectivity index (χ2v) is 3.89. The molecule has 0 fully saturated rings. The molecular formula is C13H20NO3. The van der Waals surface area contributed by atoms with Crippen molar-refractivity contribution in [3.8, 4) is 5.75 Å². The van der Waals surface area contributed by atoms with Gasteiger partial charge in [0.05, 0.1) is 13.2 Å². The largest absolute Gasteiger partial charge is 0.465 e. The van der Waals surface area contributed by atoms with Gasteiger partial charge in [-0.15, -0.1) is 0 Å². The Bertz CT molecular complexity index is 366. The van der Waals surface area contributed by atoms with E-state index in [0.29, 0.717) is 13.2 Å². The summed E-state index contributed by atoms with van der Waals surface area (Å²) in [6.45, 7) is 10.7. The Labute approximate surface area is 103 Å². The van der Waals surface area contributed by atoms with Crippen LogP contribution in [0, 0.1) is 20.8 Å². The topological polar surface area (TPSA) is 40.6 Å². The van der Waals surface area contributed by atoms with Gasteiger partial charge in [-0.2, -0.15) is 0 Å². The normalized spacial score (nSPS) is 12.5. The summed E-state index contributed by atoms with van der Waals surface area (Å²) in [6, 6.07) is 0. The molecule has 0 saturated carbocycles. The van der Waals surface area contributed by atoms with E-state index < -0.39 is 0 Å². The number of aromatic nitrogens is 1. The molecule has 1 rings (SSSR count). The smallest absolute Gasteiger partial charge is 0.197 e. The first kappa shape index (κ1) is 13.9. The molecule has 1 aromatic heterocycles. The maximum atomic E-state index is 5.75. The lowest BCUT2D eigenvalue weighted by molar-refractivity contribution is -0.0802.